The number of carbonyl (C=O) groups excluding carboxylic acids is 3. The molecule has 0 unspecified atom stereocenters. The van der Waals surface area contributed by atoms with Crippen LogP contribution in [0.15, 0.2) is 18.2 Å². The molecule has 1 saturated carbocycles. The van der Waals surface area contributed by atoms with Crippen LogP contribution in [0.3, 0.4) is 0 Å². The average Bonchev–Trinajstić information content (AvgIpc) is 2.90. The first kappa shape index (κ1) is 31.6. The summed E-state index contributed by atoms with van der Waals surface area (Å²) in [4.78, 5) is 36.1. The van der Waals surface area contributed by atoms with Crippen molar-refractivity contribution in [3.63, 3.8) is 0 Å². The van der Waals surface area contributed by atoms with E-state index in [4.69, 9.17) is 18.9 Å². The standard InChI is InChI=1S/C30H45FO7/c1-3-5-9-12-28(32)38-24-15-13-23(14-16-24)29(33)36-21-11-8-7-10-20-35-25-17-18-26(27(31)22-25)30(34)37-19-6-4-2/h17-18,22-24H,3-16,19-21H2,1-2H3. The summed E-state index contributed by atoms with van der Waals surface area (Å²) in [6, 6.07) is 4.17. The Bertz CT molecular complexity index is 849. The summed E-state index contributed by atoms with van der Waals surface area (Å²) in [5.41, 5.74) is -0.0858. The number of hydrogen-bond donors (Lipinski definition) is 0. The van der Waals surface area contributed by atoms with Crippen LogP contribution in [0.2, 0.25) is 0 Å². The third kappa shape index (κ3) is 12.3. The van der Waals surface area contributed by atoms with Crippen LogP contribution >= 0.6 is 0 Å². The monoisotopic (exact) mass is 536 g/mol. The van der Waals surface area contributed by atoms with E-state index in [2.05, 4.69) is 6.92 Å². The molecule has 0 aromatic heterocycles. The zero-order chi connectivity index (χ0) is 27.6. The maximum Gasteiger partial charge on any atom is 0.341 e. The van der Waals surface area contributed by atoms with Crippen molar-refractivity contribution in [2.45, 2.75) is 110 Å². The SMILES string of the molecule is CCCCCC(=O)OC1CCC(C(=O)OCCCCCCOc2ccc(C(=O)OCCCC)c(F)c2)CC1. The maximum absolute atomic E-state index is 14.2. The lowest BCUT2D eigenvalue weighted by Crippen LogP contribution is -2.29. The second-order valence-corrected chi connectivity index (χ2v) is 9.98. The summed E-state index contributed by atoms with van der Waals surface area (Å²) >= 11 is 0. The molecule has 0 radical (unpaired) electrons. The smallest absolute Gasteiger partial charge is 0.341 e. The van der Waals surface area contributed by atoms with Gasteiger partial charge in [0.05, 0.1) is 31.3 Å². The molecule has 0 atom stereocenters. The third-order valence-electron chi connectivity index (χ3n) is 6.73. The van der Waals surface area contributed by atoms with Crippen molar-refractivity contribution in [2.75, 3.05) is 19.8 Å². The van der Waals surface area contributed by atoms with Crippen molar-refractivity contribution < 1.29 is 37.7 Å². The van der Waals surface area contributed by atoms with Crippen LogP contribution in [0, 0.1) is 11.7 Å². The number of halogens is 1. The third-order valence-corrected chi connectivity index (χ3v) is 6.73. The van der Waals surface area contributed by atoms with E-state index in [1.54, 1.807) is 6.07 Å². The number of rotatable bonds is 18. The fraction of sp³-hybridized carbons (Fsp3) is 0.700. The Morgan fingerprint density at radius 1 is 0.816 bits per heavy atom. The molecule has 38 heavy (non-hydrogen) atoms. The van der Waals surface area contributed by atoms with Crippen molar-refractivity contribution in [1.29, 1.82) is 0 Å². The van der Waals surface area contributed by atoms with E-state index in [-0.39, 0.29) is 36.1 Å². The number of hydrogen-bond acceptors (Lipinski definition) is 7. The van der Waals surface area contributed by atoms with Crippen molar-refractivity contribution in [3.05, 3.63) is 29.6 Å². The van der Waals surface area contributed by atoms with Crippen molar-refractivity contribution in [2.24, 2.45) is 5.92 Å². The summed E-state index contributed by atoms with van der Waals surface area (Å²) in [6.45, 7) is 5.20. The van der Waals surface area contributed by atoms with Gasteiger partial charge >= 0.3 is 17.9 Å². The molecule has 0 saturated heterocycles. The first-order valence-electron chi connectivity index (χ1n) is 14.4. The van der Waals surface area contributed by atoms with Gasteiger partial charge in [-0.3, -0.25) is 9.59 Å². The van der Waals surface area contributed by atoms with Crippen LogP contribution in [0.4, 0.5) is 4.39 Å². The molecule has 0 amide bonds. The zero-order valence-electron chi connectivity index (χ0n) is 23.1. The van der Waals surface area contributed by atoms with Crippen LogP contribution < -0.4 is 4.74 Å². The Balaban J connectivity index is 1.50. The molecule has 2 rings (SSSR count). The first-order valence-corrected chi connectivity index (χ1v) is 14.4. The van der Waals surface area contributed by atoms with E-state index >= 15 is 0 Å². The number of benzene rings is 1. The van der Waals surface area contributed by atoms with Gasteiger partial charge in [0.15, 0.2) is 0 Å². The van der Waals surface area contributed by atoms with Gasteiger partial charge in [0.2, 0.25) is 0 Å². The van der Waals surface area contributed by atoms with Crippen LogP contribution in [0.25, 0.3) is 0 Å². The Labute approximate surface area is 226 Å². The van der Waals surface area contributed by atoms with Gasteiger partial charge in [-0.15, -0.1) is 0 Å². The molecule has 1 aliphatic rings. The number of ether oxygens (including phenoxy) is 4. The highest BCUT2D eigenvalue weighted by Gasteiger charge is 2.29. The summed E-state index contributed by atoms with van der Waals surface area (Å²) < 4.78 is 35.8. The Morgan fingerprint density at radius 2 is 1.50 bits per heavy atom. The molecular weight excluding hydrogens is 491 g/mol. The quantitative estimate of drug-likeness (QED) is 0.114. The van der Waals surface area contributed by atoms with Crippen LogP contribution in [-0.2, 0) is 23.8 Å². The number of esters is 3. The highest BCUT2D eigenvalue weighted by molar-refractivity contribution is 5.89. The molecular formula is C30H45FO7. The van der Waals surface area contributed by atoms with Crippen LogP contribution in [-0.4, -0.2) is 43.8 Å². The second-order valence-electron chi connectivity index (χ2n) is 9.98. The predicted octanol–water partition coefficient (Wildman–Crippen LogP) is 6.95. The largest absolute Gasteiger partial charge is 0.493 e. The minimum atomic E-state index is -0.658. The van der Waals surface area contributed by atoms with E-state index in [0.717, 1.165) is 70.6 Å². The second kappa shape index (κ2) is 18.6. The van der Waals surface area contributed by atoms with E-state index in [9.17, 15) is 18.8 Å². The minimum absolute atomic E-state index is 0.0723. The molecule has 1 aliphatic carbocycles. The lowest BCUT2D eigenvalue weighted by molar-refractivity contribution is -0.154. The van der Waals surface area contributed by atoms with Gasteiger partial charge in [0.1, 0.15) is 17.7 Å². The van der Waals surface area contributed by atoms with E-state index in [0.29, 0.717) is 38.2 Å². The molecule has 8 heteroatoms. The first-order chi connectivity index (χ1) is 18.4. The highest BCUT2D eigenvalue weighted by atomic mass is 19.1. The zero-order valence-corrected chi connectivity index (χ0v) is 23.1. The predicted molar refractivity (Wildman–Crippen MR) is 142 cm³/mol. The van der Waals surface area contributed by atoms with Gasteiger partial charge in [-0.1, -0.05) is 33.1 Å². The van der Waals surface area contributed by atoms with Crippen molar-refractivity contribution in [3.8, 4) is 5.75 Å². The average molecular weight is 537 g/mol. The fourth-order valence-electron chi connectivity index (χ4n) is 4.36. The van der Waals surface area contributed by atoms with Crippen molar-refractivity contribution in [1.82, 2.24) is 0 Å². The summed E-state index contributed by atoms with van der Waals surface area (Å²) in [6.07, 6.45) is 11.2. The van der Waals surface area contributed by atoms with Gasteiger partial charge in [0.25, 0.3) is 0 Å². The molecule has 214 valence electrons. The molecule has 1 fully saturated rings. The fourth-order valence-corrected chi connectivity index (χ4v) is 4.36. The molecule has 1 aromatic rings. The molecule has 0 N–H and O–H groups in total. The van der Waals surface area contributed by atoms with E-state index in [1.165, 1.54) is 12.1 Å². The van der Waals surface area contributed by atoms with Gasteiger partial charge in [-0.05, 0) is 76.3 Å². The normalized spacial score (nSPS) is 17.0. The molecule has 7 nitrogen and oxygen atoms in total. The highest BCUT2D eigenvalue weighted by Crippen LogP contribution is 2.28. The molecule has 1 aromatic carbocycles. The van der Waals surface area contributed by atoms with E-state index in [1.807, 2.05) is 6.92 Å². The molecule has 0 aliphatic heterocycles. The van der Waals surface area contributed by atoms with Gasteiger partial charge in [0, 0.05) is 12.5 Å². The van der Waals surface area contributed by atoms with E-state index < -0.39 is 11.8 Å². The lowest BCUT2D eigenvalue weighted by atomic mass is 9.87. The van der Waals surface area contributed by atoms with Crippen LogP contribution in [0.1, 0.15) is 114 Å². The topological polar surface area (TPSA) is 88.1 Å². The molecule has 0 spiro atoms. The van der Waals surface area contributed by atoms with Gasteiger partial charge in [-0.25, -0.2) is 9.18 Å². The van der Waals surface area contributed by atoms with Gasteiger partial charge in [-0.2, -0.15) is 0 Å². The summed E-state index contributed by atoms with van der Waals surface area (Å²) in [7, 11) is 0. The summed E-state index contributed by atoms with van der Waals surface area (Å²) in [5, 5.41) is 0. The number of unbranched alkanes of at least 4 members (excludes halogenated alkanes) is 6. The lowest BCUT2D eigenvalue weighted by Gasteiger charge is -2.27. The molecule has 0 bridgehead atoms. The van der Waals surface area contributed by atoms with Gasteiger partial charge < -0.3 is 18.9 Å². The Kier molecular flexibility index (Phi) is 15.4. The Hall–Kier alpha value is -2.64. The van der Waals surface area contributed by atoms with Crippen LogP contribution in [0.5, 0.6) is 5.75 Å². The number of carbonyl (C=O) groups is 3. The minimum Gasteiger partial charge on any atom is -0.493 e. The Morgan fingerprint density at radius 3 is 2.18 bits per heavy atom. The molecule has 0 heterocycles. The summed E-state index contributed by atoms with van der Waals surface area (Å²) in [5.74, 6) is -1.32. The van der Waals surface area contributed by atoms with Crippen molar-refractivity contribution >= 4 is 17.9 Å². The maximum atomic E-state index is 14.2.